The summed E-state index contributed by atoms with van der Waals surface area (Å²) in [4.78, 5) is 18.2. The molecule has 3 aromatic heterocycles. The van der Waals surface area contributed by atoms with Crippen LogP contribution in [0.1, 0.15) is 37.9 Å². The normalized spacial score (nSPS) is 14.4. The smallest absolute Gasteiger partial charge is 0.408 e. The number of aliphatic hydroxyl groups excluding tert-OH is 1. The number of aliphatic hydroxyl groups is 1. The van der Waals surface area contributed by atoms with Gasteiger partial charge in [-0.3, -0.25) is 4.98 Å². The predicted molar refractivity (Wildman–Crippen MR) is 159 cm³/mol. The number of benzene rings is 2. The average molecular weight is 563 g/mol. The van der Waals surface area contributed by atoms with Gasteiger partial charge in [0.15, 0.2) is 0 Å². The zero-order valence-electron chi connectivity index (χ0n) is 23.5. The molecule has 2 aromatic carbocycles. The Morgan fingerprint density at radius 1 is 1.02 bits per heavy atom. The molecule has 1 atom stereocenters. The number of hydrogen-bond donors (Lipinski definition) is 3. The standard InChI is InChI=1S/C30H30BN7O4/c1-4-40-31-23-14-13-20(16-22(23)30(2,3)42-31)34-29-33-17-21(28-36-27(38-41-28)24-12-8-9-15-32-24)26(37-29)35-25(18-39)19-10-6-5-7-11-19/h5-17,25,39H,4,18H2,1-3H3,(H2,33,34,35,37)/t25-/m1/s1. The van der Waals surface area contributed by atoms with Crippen molar-refractivity contribution in [1.29, 1.82) is 0 Å². The predicted octanol–water partition coefficient (Wildman–Crippen LogP) is 4.47. The second kappa shape index (κ2) is 11.7. The van der Waals surface area contributed by atoms with Gasteiger partial charge in [0.05, 0.1) is 18.2 Å². The lowest BCUT2D eigenvalue weighted by Gasteiger charge is -2.21. The maximum absolute atomic E-state index is 10.3. The van der Waals surface area contributed by atoms with Crippen molar-refractivity contribution in [3.05, 3.63) is 90.3 Å². The molecule has 0 radical (unpaired) electrons. The van der Waals surface area contributed by atoms with Crippen molar-refractivity contribution in [3.8, 4) is 23.0 Å². The first-order valence-electron chi connectivity index (χ1n) is 13.7. The van der Waals surface area contributed by atoms with E-state index in [1.807, 2.05) is 81.4 Å². The van der Waals surface area contributed by atoms with E-state index in [1.165, 1.54) is 0 Å². The summed E-state index contributed by atoms with van der Waals surface area (Å²) in [6.07, 6.45) is 3.27. The van der Waals surface area contributed by atoms with E-state index in [9.17, 15) is 5.11 Å². The summed E-state index contributed by atoms with van der Waals surface area (Å²) in [6.45, 7) is 6.37. The van der Waals surface area contributed by atoms with E-state index in [2.05, 4.69) is 30.7 Å². The number of nitrogens with one attached hydrogen (secondary N) is 2. The number of fused-ring (bicyclic) bond motifs is 1. The molecule has 12 heteroatoms. The number of nitrogens with zero attached hydrogens (tertiary/aromatic N) is 5. The van der Waals surface area contributed by atoms with Crippen molar-refractivity contribution < 1.29 is 18.9 Å². The molecule has 4 heterocycles. The summed E-state index contributed by atoms with van der Waals surface area (Å²) in [6, 6.07) is 20.6. The summed E-state index contributed by atoms with van der Waals surface area (Å²) in [7, 11) is -0.404. The molecule has 0 amide bonds. The van der Waals surface area contributed by atoms with Gasteiger partial charge in [-0.2, -0.15) is 9.97 Å². The fraction of sp³-hybridized carbons (Fsp3) is 0.233. The fourth-order valence-electron chi connectivity index (χ4n) is 4.89. The molecule has 0 saturated heterocycles. The first kappa shape index (κ1) is 27.5. The van der Waals surface area contributed by atoms with Crippen LogP contribution in [0.2, 0.25) is 0 Å². The van der Waals surface area contributed by atoms with Crippen molar-refractivity contribution in [2.24, 2.45) is 0 Å². The highest BCUT2D eigenvalue weighted by molar-refractivity contribution is 6.63. The number of pyridine rings is 1. The molecule has 0 saturated carbocycles. The molecule has 0 aliphatic carbocycles. The van der Waals surface area contributed by atoms with Crippen LogP contribution in [-0.2, 0) is 14.9 Å². The van der Waals surface area contributed by atoms with Gasteiger partial charge in [-0.1, -0.05) is 47.6 Å². The number of aromatic nitrogens is 5. The maximum atomic E-state index is 10.3. The molecule has 0 fully saturated rings. The molecule has 42 heavy (non-hydrogen) atoms. The van der Waals surface area contributed by atoms with E-state index in [4.69, 9.17) is 18.8 Å². The van der Waals surface area contributed by atoms with Crippen molar-refractivity contribution in [1.82, 2.24) is 25.1 Å². The summed E-state index contributed by atoms with van der Waals surface area (Å²) in [5.41, 5.74) is 4.25. The molecule has 212 valence electrons. The lowest BCUT2D eigenvalue weighted by atomic mass is 9.77. The average Bonchev–Trinajstić information content (AvgIpc) is 3.60. The van der Waals surface area contributed by atoms with Crippen LogP contribution in [-0.4, -0.2) is 50.5 Å². The molecule has 6 rings (SSSR count). The van der Waals surface area contributed by atoms with Crippen LogP contribution in [0.5, 0.6) is 0 Å². The lowest BCUT2D eigenvalue weighted by Crippen LogP contribution is -2.32. The molecule has 0 bridgehead atoms. The second-order valence-corrected chi connectivity index (χ2v) is 10.2. The van der Waals surface area contributed by atoms with Gasteiger partial charge in [-0.15, -0.1) is 0 Å². The monoisotopic (exact) mass is 563 g/mol. The topological polar surface area (TPSA) is 140 Å². The van der Waals surface area contributed by atoms with E-state index in [0.717, 1.165) is 22.3 Å². The highest BCUT2D eigenvalue weighted by Gasteiger charge is 2.42. The Kier molecular flexibility index (Phi) is 7.66. The zero-order valence-corrected chi connectivity index (χ0v) is 23.5. The molecular weight excluding hydrogens is 533 g/mol. The minimum absolute atomic E-state index is 0.167. The Labute approximate surface area is 243 Å². The largest absolute Gasteiger partial charge is 0.494 e. The van der Waals surface area contributed by atoms with Gasteiger partial charge in [0.1, 0.15) is 17.1 Å². The third kappa shape index (κ3) is 5.60. The van der Waals surface area contributed by atoms with E-state index >= 15 is 0 Å². The van der Waals surface area contributed by atoms with Gasteiger partial charge in [0.2, 0.25) is 11.8 Å². The van der Waals surface area contributed by atoms with Gasteiger partial charge in [-0.25, -0.2) is 4.98 Å². The second-order valence-electron chi connectivity index (χ2n) is 10.2. The Morgan fingerprint density at radius 2 is 1.86 bits per heavy atom. The van der Waals surface area contributed by atoms with E-state index in [-0.39, 0.29) is 12.5 Å². The Bertz CT molecular complexity index is 1670. The molecule has 0 spiro atoms. The summed E-state index contributed by atoms with van der Waals surface area (Å²) < 4.78 is 17.5. The van der Waals surface area contributed by atoms with Crippen LogP contribution < -0.4 is 16.1 Å². The van der Waals surface area contributed by atoms with Crippen LogP contribution in [0.15, 0.2) is 83.6 Å². The lowest BCUT2D eigenvalue weighted by molar-refractivity contribution is 0.0867. The summed E-state index contributed by atoms with van der Waals surface area (Å²) >= 11 is 0. The van der Waals surface area contributed by atoms with Gasteiger partial charge in [-0.05, 0) is 61.6 Å². The molecule has 5 aromatic rings. The van der Waals surface area contributed by atoms with Crippen LogP contribution in [0.4, 0.5) is 17.5 Å². The van der Waals surface area contributed by atoms with Crippen LogP contribution in [0, 0.1) is 0 Å². The molecule has 11 nitrogen and oxygen atoms in total. The van der Waals surface area contributed by atoms with E-state index < -0.39 is 18.8 Å². The van der Waals surface area contributed by atoms with Gasteiger partial charge in [0.25, 0.3) is 5.89 Å². The van der Waals surface area contributed by atoms with Crippen LogP contribution >= 0.6 is 0 Å². The van der Waals surface area contributed by atoms with E-state index in [1.54, 1.807) is 18.5 Å². The highest BCUT2D eigenvalue weighted by Crippen LogP contribution is 2.34. The third-order valence-electron chi connectivity index (χ3n) is 6.97. The number of hydrogen-bond acceptors (Lipinski definition) is 11. The van der Waals surface area contributed by atoms with Crippen LogP contribution in [0.25, 0.3) is 23.0 Å². The van der Waals surface area contributed by atoms with Crippen LogP contribution in [0.3, 0.4) is 0 Å². The molecule has 1 aliphatic heterocycles. The minimum Gasteiger partial charge on any atom is -0.408 e. The zero-order chi connectivity index (χ0) is 29.1. The van der Waals surface area contributed by atoms with Gasteiger partial charge < -0.3 is 29.6 Å². The molecule has 0 unspecified atom stereocenters. The Balaban J connectivity index is 1.34. The number of anilines is 3. The number of rotatable bonds is 10. The van der Waals surface area contributed by atoms with Crippen molar-refractivity contribution in [2.45, 2.75) is 32.4 Å². The fourth-order valence-corrected chi connectivity index (χ4v) is 4.89. The summed E-state index contributed by atoms with van der Waals surface area (Å²) in [5.74, 6) is 1.31. The molecule has 3 N–H and O–H groups in total. The van der Waals surface area contributed by atoms with Gasteiger partial charge in [0, 0.05) is 24.7 Å². The Hall–Kier alpha value is -4.65. The Morgan fingerprint density at radius 3 is 2.62 bits per heavy atom. The molecular formula is C30H30BN7O4. The van der Waals surface area contributed by atoms with Crippen molar-refractivity contribution >= 4 is 30.0 Å². The quantitative estimate of drug-likeness (QED) is 0.207. The summed E-state index contributed by atoms with van der Waals surface area (Å²) in [5, 5.41) is 21.0. The van der Waals surface area contributed by atoms with Crippen molar-refractivity contribution in [2.75, 3.05) is 23.8 Å². The first-order chi connectivity index (χ1) is 20.4. The third-order valence-corrected chi connectivity index (χ3v) is 6.97. The maximum Gasteiger partial charge on any atom is 0.494 e. The SMILES string of the molecule is CCOB1OC(C)(C)c2cc(Nc3ncc(-c4nc(-c5ccccn5)no4)c(N[C@H](CO)c4ccccc4)n3)ccc21. The first-order valence-corrected chi connectivity index (χ1v) is 13.7. The van der Waals surface area contributed by atoms with E-state index in [0.29, 0.717) is 35.5 Å². The minimum atomic E-state index is -0.516. The van der Waals surface area contributed by atoms with Gasteiger partial charge >= 0.3 is 7.12 Å². The molecule has 1 aliphatic rings. The van der Waals surface area contributed by atoms with Crippen molar-refractivity contribution in [3.63, 3.8) is 0 Å². The highest BCUT2D eigenvalue weighted by atomic mass is 16.6.